The molecule has 3 amide bonds. The molecule has 2 unspecified atom stereocenters. The summed E-state index contributed by atoms with van der Waals surface area (Å²) in [5.74, 6) is -1.52. The summed E-state index contributed by atoms with van der Waals surface area (Å²) in [5, 5.41) is 9.45. The number of rotatable bonds is 12. The minimum atomic E-state index is -1.04. The van der Waals surface area contributed by atoms with Gasteiger partial charge in [-0.1, -0.05) is 93.4 Å². The molecule has 1 saturated heterocycles. The van der Waals surface area contributed by atoms with Crippen molar-refractivity contribution in [3.8, 4) is 0 Å². The van der Waals surface area contributed by atoms with Crippen LogP contribution >= 0.6 is 23.2 Å². The molecule has 45 heavy (non-hydrogen) atoms. The molecule has 0 radical (unpaired) electrons. The molecule has 2 aromatic carbocycles. The Labute approximate surface area is 275 Å². The van der Waals surface area contributed by atoms with Gasteiger partial charge in [-0.25, -0.2) is 9.59 Å². The Balaban J connectivity index is 1.57. The third kappa shape index (κ3) is 9.36. The minimum Gasteiger partial charge on any atom is -0.467 e. The smallest absolute Gasteiger partial charge is 0.408 e. The maximum Gasteiger partial charge on any atom is 0.408 e. The van der Waals surface area contributed by atoms with E-state index in [2.05, 4.69) is 16.0 Å². The molecule has 244 valence electrons. The van der Waals surface area contributed by atoms with Crippen LogP contribution in [-0.2, 0) is 29.3 Å². The molecule has 9 nitrogen and oxygen atoms in total. The molecule has 2 aromatic rings. The summed E-state index contributed by atoms with van der Waals surface area (Å²) < 4.78 is 11.1. The lowest BCUT2D eigenvalue weighted by Crippen LogP contribution is -2.53. The molecule has 2 fully saturated rings. The first kappa shape index (κ1) is 34.6. The minimum absolute atomic E-state index is 0.108. The number of alkyl carbamates (subject to hydrolysis) is 1. The molecule has 0 bridgehead atoms. The summed E-state index contributed by atoms with van der Waals surface area (Å²) >= 11 is 12.5. The molecule has 1 aliphatic heterocycles. The van der Waals surface area contributed by atoms with E-state index in [0.717, 1.165) is 37.7 Å². The third-order valence-electron chi connectivity index (χ3n) is 9.01. The summed E-state index contributed by atoms with van der Waals surface area (Å²) in [6.45, 7) is 4.43. The molecule has 2 aliphatic rings. The number of carbonyl (C=O) groups excluding carboxylic acids is 4. The van der Waals surface area contributed by atoms with E-state index >= 15 is 0 Å². The number of carbonyl (C=O) groups is 4. The largest absolute Gasteiger partial charge is 0.467 e. The molecule has 1 saturated carbocycles. The van der Waals surface area contributed by atoms with Crippen molar-refractivity contribution in [2.24, 2.45) is 11.8 Å². The Kier molecular flexibility index (Phi) is 12.1. The van der Waals surface area contributed by atoms with Gasteiger partial charge in [0, 0.05) is 27.9 Å². The van der Waals surface area contributed by atoms with E-state index in [1.165, 1.54) is 7.11 Å². The van der Waals surface area contributed by atoms with Crippen LogP contribution in [-0.4, -0.2) is 49.6 Å². The molecular weight excluding hydrogens is 617 g/mol. The first-order valence-electron chi connectivity index (χ1n) is 15.6. The first-order valence-corrected chi connectivity index (χ1v) is 16.4. The third-order valence-corrected chi connectivity index (χ3v) is 9.50. The highest BCUT2D eigenvalue weighted by Crippen LogP contribution is 2.41. The van der Waals surface area contributed by atoms with Gasteiger partial charge >= 0.3 is 12.1 Å². The highest BCUT2D eigenvalue weighted by molar-refractivity contribution is 6.30. The molecular formula is C34H43Cl2N3O6. The van der Waals surface area contributed by atoms with Gasteiger partial charge in [-0.15, -0.1) is 0 Å². The van der Waals surface area contributed by atoms with E-state index in [4.69, 9.17) is 32.7 Å². The van der Waals surface area contributed by atoms with Gasteiger partial charge < -0.3 is 25.4 Å². The molecule has 1 heterocycles. The zero-order chi connectivity index (χ0) is 32.6. The van der Waals surface area contributed by atoms with Crippen LogP contribution in [0.1, 0.15) is 82.4 Å². The zero-order valence-electron chi connectivity index (χ0n) is 26.1. The number of esters is 1. The average molecular weight is 661 g/mol. The predicted octanol–water partition coefficient (Wildman–Crippen LogP) is 6.26. The van der Waals surface area contributed by atoms with Crippen LogP contribution in [0.3, 0.4) is 0 Å². The quantitative estimate of drug-likeness (QED) is 0.231. The van der Waals surface area contributed by atoms with Crippen LogP contribution in [0.15, 0.2) is 48.5 Å². The highest BCUT2D eigenvalue weighted by Gasteiger charge is 2.38. The summed E-state index contributed by atoms with van der Waals surface area (Å²) in [6, 6.07) is 12.5. The second-order valence-corrected chi connectivity index (χ2v) is 13.5. The number of amides is 3. The average Bonchev–Trinajstić information content (AvgIpc) is 3.43. The lowest BCUT2D eigenvalue weighted by molar-refractivity contribution is -0.146. The van der Waals surface area contributed by atoms with Gasteiger partial charge in [-0.05, 0) is 60.6 Å². The van der Waals surface area contributed by atoms with Gasteiger partial charge in [0.15, 0.2) is 0 Å². The topological polar surface area (TPSA) is 123 Å². The van der Waals surface area contributed by atoms with E-state index in [-0.39, 0.29) is 18.2 Å². The van der Waals surface area contributed by atoms with E-state index in [1.54, 1.807) is 30.3 Å². The van der Waals surface area contributed by atoms with Crippen molar-refractivity contribution >= 4 is 47.1 Å². The van der Waals surface area contributed by atoms with Crippen molar-refractivity contribution in [2.45, 2.75) is 88.8 Å². The maximum atomic E-state index is 13.8. The van der Waals surface area contributed by atoms with Gasteiger partial charge in [0.05, 0.1) is 7.11 Å². The standard InChI is InChI=1S/C34H43Cl2N3O6/c1-34(2,24-10-7-11-26(36)20-24)29(22-12-14-25(35)15-13-22)45-33(43)39-27(18-21-8-5-4-6-9-21)31(41)38-28(32(42)44-3)19-23-16-17-37-30(23)40/h7,10-15,20-21,23,27-29H,4-6,8-9,16-19H2,1-3H3,(H,37,40)(H,38,41)(H,39,43)/t23?,27-,28-,29?/m0/s1. The SMILES string of the molecule is COC(=O)[C@H](CC1CCNC1=O)NC(=O)[C@H](CC1CCCCC1)NC(=O)OC(c1ccc(Cl)cc1)C(C)(C)c1cccc(Cl)c1. The number of hydrogen-bond donors (Lipinski definition) is 3. The van der Waals surface area contributed by atoms with Crippen LogP contribution < -0.4 is 16.0 Å². The predicted molar refractivity (Wildman–Crippen MR) is 173 cm³/mol. The second kappa shape index (κ2) is 15.8. The normalized spacial score (nSPS) is 19.1. The van der Waals surface area contributed by atoms with Crippen molar-refractivity contribution in [2.75, 3.05) is 13.7 Å². The van der Waals surface area contributed by atoms with Crippen LogP contribution in [0, 0.1) is 11.8 Å². The maximum absolute atomic E-state index is 13.8. The molecule has 0 aromatic heterocycles. The van der Waals surface area contributed by atoms with Crippen molar-refractivity contribution < 1.29 is 28.7 Å². The lowest BCUT2D eigenvalue weighted by Gasteiger charge is -2.35. The van der Waals surface area contributed by atoms with Crippen LogP contribution in [0.4, 0.5) is 4.79 Å². The molecule has 3 N–H and O–H groups in total. The van der Waals surface area contributed by atoms with Crippen LogP contribution in [0.2, 0.25) is 10.0 Å². The van der Waals surface area contributed by atoms with E-state index in [1.807, 2.05) is 32.0 Å². The summed E-state index contributed by atoms with van der Waals surface area (Å²) in [6.07, 6.45) is 4.65. The monoisotopic (exact) mass is 659 g/mol. The van der Waals surface area contributed by atoms with Crippen LogP contribution in [0.25, 0.3) is 0 Å². The number of ether oxygens (including phenoxy) is 2. The molecule has 4 rings (SSSR count). The number of nitrogens with one attached hydrogen (secondary N) is 3. The molecule has 11 heteroatoms. The van der Waals surface area contributed by atoms with Gasteiger partial charge in [-0.2, -0.15) is 0 Å². The van der Waals surface area contributed by atoms with Crippen molar-refractivity contribution in [1.29, 1.82) is 0 Å². The van der Waals surface area contributed by atoms with Crippen molar-refractivity contribution in [3.05, 3.63) is 69.7 Å². The fourth-order valence-electron chi connectivity index (χ4n) is 6.36. The van der Waals surface area contributed by atoms with E-state index < -0.39 is 47.5 Å². The Morgan fingerprint density at radius 1 is 0.933 bits per heavy atom. The fraction of sp³-hybridized carbons (Fsp3) is 0.529. The summed E-state index contributed by atoms with van der Waals surface area (Å²) in [4.78, 5) is 52.3. The van der Waals surface area contributed by atoms with E-state index in [9.17, 15) is 19.2 Å². The first-order chi connectivity index (χ1) is 21.5. The second-order valence-electron chi connectivity index (χ2n) is 12.6. The van der Waals surface area contributed by atoms with Gasteiger partial charge in [0.2, 0.25) is 11.8 Å². The molecule has 1 aliphatic carbocycles. The van der Waals surface area contributed by atoms with Crippen LogP contribution in [0.5, 0.6) is 0 Å². The Bertz CT molecular complexity index is 1350. The number of halogens is 2. The fourth-order valence-corrected chi connectivity index (χ4v) is 6.68. The molecule has 0 spiro atoms. The Hall–Kier alpha value is -3.30. The van der Waals surface area contributed by atoms with Gasteiger partial charge in [0.25, 0.3) is 0 Å². The number of benzene rings is 2. The van der Waals surface area contributed by atoms with Crippen molar-refractivity contribution in [3.63, 3.8) is 0 Å². The highest BCUT2D eigenvalue weighted by atomic mass is 35.5. The Morgan fingerprint density at radius 3 is 2.27 bits per heavy atom. The number of methoxy groups -OCH3 is 1. The summed E-state index contributed by atoms with van der Waals surface area (Å²) in [5.41, 5.74) is 0.846. The van der Waals surface area contributed by atoms with Crippen molar-refractivity contribution in [1.82, 2.24) is 16.0 Å². The van der Waals surface area contributed by atoms with Gasteiger partial charge in [-0.3, -0.25) is 9.59 Å². The summed E-state index contributed by atoms with van der Waals surface area (Å²) in [7, 11) is 1.24. The number of hydrogen-bond acceptors (Lipinski definition) is 6. The van der Waals surface area contributed by atoms with Gasteiger partial charge in [0.1, 0.15) is 18.2 Å². The zero-order valence-corrected chi connectivity index (χ0v) is 27.6. The lowest BCUT2D eigenvalue weighted by atomic mass is 9.76. The van der Waals surface area contributed by atoms with E-state index in [0.29, 0.717) is 35.0 Å². The Morgan fingerprint density at radius 2 is 1.64 bits per heavy atom. The molecule has 4 atom stereocenters.